The van der Waals surface area contributed by atoms with Crippen LogP contribution in [0.25, 0.3) is 0 Å². The number of carboxylic acid groups (broad SMARTS) is 1. The fourth-order valence-electron chi connectivity index (χ4n) is 1.15. The molecule has 0 unspecified atom stereocenters. The second kappa shape index (κ2) is 5.68. The van der Waals surface area contributed by atoms with Crippen LogP contribution in [-0.2, 0) is 4.79 Å². The van der Waals surface area contributed by atoms with E-state index in [1.54, 1.807) is 0 Å². The number of carbonyl (C=O) groups excluding carboxylic acids is 1. The van der Waals surface area contributed by atoms with Gasteiger partial charge in [-0.3, -0.25) is 9.59 Å². The highest BCUT2D eigenvalue weighted by molar-refractivity contribution is 6.05. The Morgan fingerprint density at radius 2 is 1.74 bits per heavy atom. The van der Waals surface area contributed by atoms with Crippen molar-refractivity contribution < 1.29 is 37.0 Å². The van der Waals surface area contributed by atoms with Crippen molar-refractivity contribution in [3.8, 4) is 5.75 Å². The second-order valence-corrected chi connectivity index (χ2v) is 3.48. The maximum absolute atomic E-state index is 12.5. The number of aliphatic carboxylic acids is 1. The van der Waals surface area contributed by atoms with Gasteiger partial charge in [0.1, 0.15) is 12.2 Å². The van der Waals surface area contributed by atoms with Crippen molar-refractivity contribution >= 4 is 11.8 Å². The molecule has 1 aromatic rings. The molecule has 19 heavy (non-hydrogen) atoms. The molecule has 0 aliphatic rings. The van der Waals surface area contributed by atoms with Gasteiger partial charge in [0, 0.05) is 5.56 Å². The van der Waals surface area contributed by atoms with Crippen molar-refractivity contribution in [1.82, 2.24) is 0 Å². The number of hydrogen-bond donors (Lipinski definition) is 1. The molecule has 0 aliphatic heterocycles. The third-order valence-corrected chi connectivity index (χ3v) is 2.00. The van der Waals surface area contributed by atoms with Crippen molar-refractivity contribution in [3.63, 3.8) is 0 Å². The Morgan fingerprint density at radius 1 is 1.21 bits per heavy atom. The maximum Gasteiger partial charge on any atom is 0.461 e. The summed E-state index contributed by atoms with van der Waals surface area (Å²) in [4.78, 5) is 21.6. The lowest BCUT2D eigenvalue weighted by molar-refractivity contribution is -0.253. The lowest BCUT2D eigenvalue weighted by atomic mass is 10.1. The predicted octanol–water partition coefficient (Wildman–Crippen LogP) is 2.58. The summed E-state index contributed by atoms with van der Waals surface area (Å²) < 4.78 is 52.6. The monoisotopic (exact) mass is 280 g/mol. The van der Waals surface area contributed by atoms with Gasteiger partial charge >= 0.3 is 18.5 Å². The summed E-state index contributed by atoms with van der Waals surface area (Å²) in [5, 5.41) is 8.39. The van der Waals surface area contributed by atoms with E-state index in [4.69, 9.17) is 5.11 Å². The van der Waals surface area contributed by atoms with Crippen LogP contribution in [0.3, 0.4) is 0 Å². The van der Waals surface area contributed by atoms with Crippen LogP contribution in [0.2, 0.25) is 0 Å². The molecule has 0 aromatic heterocycles. The van der Waals surface area contributed by atoms with E-state index in [1.807, 2.05) is 0 Å². The van der Waals surface area contributed by atoms with Gasteiger partial charge in [-0.1, -0.05) is 0 Å². The standard InChI is InChI=1S/C11H8F4O4/c12-10(13)11(14,15)19-7-3-1-6(2-4-7)8(16)5-9(17)18/h1-4,10H,5H2,(H,17,18). The molecule has 0 spiro atoms. The van der Waals surface area contributed by atoms with Crippen LogP contribution in [0, 0.1) is 0 Å². The highest BCUT2D eigenvalue weighted by Crippen LogP contribution is 2.27. The molecule has 0 amide bonds. The van der Waals surface area contributed by atoms with E-state index in [-0.39, 0.29) is 5.56 Å². The lowest BCUT2D eigenvalue weighted by Gasteiger charge is -2.16. The second-order valence-electron chi connectivity index (χ2n) is 3.48. The highest BCUT2D eigenvalue weighted by Gasteiger charge is 2.43. The first kappa shape index (κ1) is 14.9. The van der Waals surface area contributed by atoms with E-state index in [2.05, 4.69) is 4.74 Å². The Kier molecular flexibility index (Phi) is 4.47. The number of benzene rings is 1. The molecule has 0 fully saturated rings. The largest absolute Gasteiger partial charge is 0.481 e. The number of ketones is 1. The Labute approximate surface area is 104 Å². The Bertz CT molecular complexity index is 470. The number of hydrogen-bond acceptors (Lipinski definition) is 3. The number of halogens is 4. The zero-order valence-electron chi connectivity index (χ0n) is 9.28. The minimum Gasteiger partial charge on any atom is -0.481 e. The molecule has 1 rings (SSSR count). The van der Waals surface area contributed by atoms with Crippen LogP contribution in [0.5, 0.6) is 5.75 Å². The van der Waals surface area contributed by atoms with Crippen molar-refractivity contribution in [2.45, 2.75) is 19.0 Å². The average Bonchev–Trinajstić information content (AvgIpc) is 2.28. The van der Waals surface area contributed by atoms with Gasteiger partial charge in [-0.25, -0.2) is 0 Å². The molecule has 0 bridgehead atoms. The summed E-state index contributed by atoms with van der Waals surface area (Å²) >= 11 is 0. The van der Waals surface area contributed by atoms with E-state index < -0.39 is 36.5 Å². The normalized spacial score (nSPS) is 11.4. The molecule has 0 heterocycles. The van der Waals surface area contributed by atoms with E-state index >= 15 is 0 Å². The molecule has 104 valence electrons. The van der Waals surface area contributed by atoms with Gasteiger partial charge in [-0.2, -0.15) is 17.6 Å². The number of carboxylic acids is 1. The zero-order valence-corrected chi connectivity index (χ0v) is 9.28. The summed E-state index contributed by atoms with van der Waals surface area (Å²) in [7, 11) is 0. The minimum absolute atomic E-state index is 0.0462. The molecule has 4 nitrogen and oxygen atoms in total. The highest BCUT2D eigenvalue weighted by atomic mass is 19.3. The van der Waals surface area contributed by atoms with Crippen molar-refractivity contribution in [3.05, 3.63) is 29.8 Å². The van der Waals surface area contributed by atoms with Crippen molar-refractivity contribution in [1.29, 1.82) is 0 Å². The first-order chi connectivity index (χ1) is 8.72. The van der Waals surface area contributed by atoms with Gasteiger partial charge in [0.25, 0.3) is 0 Å². The molecule has 1 N–H and O–H groups in total. The predicted molar refractivity (Wildman–Crippen MR) is 54.6 cm³/mol. The lowest BCUT2D eigenvalue weighted by Crippen LogP contribution is -2.33. The summed E-state index contributed by atoms with van der Waals surface area (Å²) in [6.07, 6.45) is -9.37. The molecular formula is C11H8F4O4. The number of rotatable bonds is 6. The van der Waals surface area contributed by atoms with E-state index in [1.165, 1.54) is 0 Å². The molecule has 0 saturated carbocycles. The summed E-state index contributed by atoms with van der Waals surface area (Å²) in [5.74, 6) is -2.63. The molecule has 0 saturated heterocycles. The minimum atomic E-state index is -4.63. The first-order valence-electron chi connectivity index (χ1n) is 4.92. The smallest absolute Gasteiger partial charge is 0.461 e. The van der Waals surface area contributed by atoms with Crippen molar-refractivity contribution in [2.75, 3.05) is 0 Å². The molecular weight excluding hydrogens is 272 g/mol. The topological polar surface area (TPSA) is 63.6 Å². The van der Waals surface area contributed by atoms with Gasteiger partial charge in [0.2, 0.25) is 0 Å². The Morgan fingerprint density at radius 3 is 2.16 bits per heavy atom. The molecule has 0 atom stereocenters. The van der Waals surface area contributed by atoms with Gasteiger partial charge in [-0.05, 0) is 24.3 Å². The summed E-state index contributed by atoms with van der Waals surface area (Å²) in [6, 6.07) is 3.79. The fourth-order valence-corrected chi connectivity index (χ4v) is 1.15. The van der Waals surface area contributed by atoms with Crippen LogP contribution < -0.4 is 4.74 Å². The average molecular weight is 280 g/mol. The molecule has 0 aliphatic carbocycles. The quantitative estimate of drug-likeness (QED) is 0.494. The Hall–Kier alpha value is -2.12. The van der Waals surface area contributed by atoms with Crippen LogP contribution in [-0.4, -0.2) is 29.4 Å². The number of ether oxygens (including phenoxy) is 1. The third-order valence-electron chi connectivity index (χ3n) is 2.00. The molecule has 0 radical (unpaired) electrons. The Balaban J connectivity index is 2.77. The van der Waals surface area contributed by atoms with Gasteiger partial charge in [-0.15, -0.1) is 0 Å². The van der Waals surface area contributed by atoms with E-state index in [0.717, 1.165) is 24.3 Å². The maximum atomic E-state index is 12.5. The van der Waals surface area contributed by atoms with Crippen molar-refractivity contribution in [2.24, 2.45) is 0 Å². The number of carbonyl (C=O) groups is 2. The zero-order chi connectivity index (χ0) is 14.6. The van der Waals surface area contributed by atoms with E-state index in [9.17, 15) is 27.2 Å². The first-order valence-corrected chi connectivity index (χ1v) is 4.92. The van der Waals surface area contributed by atoms with Crippen LogP contribution in [0.4, 0.5) is 17.6 Å². The van der Waals surface area contributed by atoms with Crippen LogP contribution in [0.15, 0.2) is 24.3 Å². The summed E-state index contributed by atoms with van der Waals surface area (Å²) in [5.41, 5.74) is -0.0462. The van der Waals surface area contributed by atoms with Gasteiger partial charge < -0.3 is 9.84 Å². The number of alkyl halides is 4. The van der Waals surface area contributed by atoms with Crippen LogP contribution >= 0.6 is 0 Å². The molecule has 8 heteroatoms. The van der Waals surface area contributed by atoms with Crippen LogP contribution in [0.1, 0.15) is 16.8 Å². The SMILES string of the molecule is O=C(O)CC(=O)c1ccc(OC(F)(F)C(F)F)cc1. The van der Waals surface area contributed by atoms with E-state index in [0.29, 0.717) is 0 Å². The third kappa shape index (κ3) is 4.23. The molecule has 1 aromatic carbocycles. The van der Waals surface area contributed by atoms with Gasteiger partial charge in [0.15, 0.2) is 5.78 Å². The summed E-state index contributed by atoms with van der Waals surface area (Å²) in [6.45, 7) is 0. The fraction of sp³-hybridized carbons (Fsp3) is 0.273. The van der Waals surface area contributed by atoms with Gasteiger partial charge in [0.05, 0.1) is 0 Å². The number of Topliss-reactive ketones (excluding diaryl/α,β-unsaturated/α-hetero) is 1.